The third-order valence-electron chi connectivity index (χ3n) is 1.69. The first-order chi connectivity index (χ1) is 3.84. The minimum Gasteiger partial charge on any atom is -0.309 e. The summed E-state index contributed by atoms with van der Waals surface area (Å²) < 4.78 is 0. The van der Waals surface area contributed by atoms with E-state index in [-0.39, 0.29) is 0 Å². The van der Waals surface area contributed by atoms with Crippen LogP contribution in [0.5, 0.6) is 0 Å². The zero-order valence-corrected chi connectivity index (χ0v) is 4.98. The predicted octanol–water partition coefficient (Wildman–Crippen LogP) is 1.99. The molecule has 1 N–H and O–H groups in total. The van der Waals surface area contributed by atoms with E-state index in [1.165, 1.54) is 6.42 Å². The van der Waals surface area contributed by atoms with Crippen LogP contribution in [0.4, 0.5) is 0 Å². The van der Waals surface area contributed by atoms with Crippen molar-refractivity contribution in [3.63, 3.8) is 0 Å². The molecule has 0 aromatic heterocycles. The molecule has 0 aliphatic heterocycles. The lowest BCUT2D eigenvalue weighted by Gasteiger charge is -1.97. The van der Waals surface area contributed by atoms with Gasteiger partial charge in [0.25, 0.3) is 0 Å². The third-order valence-corrected chi connectivity index (χ3v) is 1.69. The SMILES string of the molecule is C=CC1CCCC1=N. The van der Waals surface area contributed by atoms with Crippen molar-refractivity contribution in [2.75, 3.05) is 0 Å². The highest BCUT2D eigenvalue weighted by Crippen LogP contribution is 2.21. The van der Waals surface area contributed by atoms with Crippen LogP contribution in [0.2, 0.25) is 0 Å². The molecule has 0 aromatic carbocycles. The van der Waals surface area contributed by atoms with E-state index in [1.54, 1.807) is 0 Å². The van der Waals surface area contributed by atoms with Crippen molar-refractivity contribution in [3.05, 3.63) is 12.7 Å². The molecule has 0 heterocycles. The molecule has 1 atom stereocenters. The Balaban J connectivity index is 2.54. The molecular weight excluding hydrogens is 98.1 g/mol. The van der Waals surface area contributed by atoms with Crippen molar-refractivity contribution in [2.45, 2.75) is 19.3 Å². The van der Waals surface area contributed by atoms with Gasteiger partial charge in [-0.25, -0.2) is 0 Å². The normalized spacial score (nSPS) is 28.5. The first-order valence-corrected chi connectivity index (χ1v) is 3.04. The Kier molecular flexibility index (Phi) is 1.47. The largest absolute Gasteiger partial charge is 0.309 e. The lowest BCUT2D eigenvalue weighted by atomic mass is 10.1. The van der Waals surface area contributed by atoms with E-state index < -0.39 is 0 Å². The molecule has 0 bridgehead atoms. The van der Waals surface area contributed by atoms with Gasteiger partial charge in [0, 0.05) is 11.6 Å². The Morgan fingerprint density at radius 3 is 2.75 bits per heavy atom. The summed E-state index contributed by atoms with van der Waals surface area (Å²) in [5.74, 6) is 0.412. The average molecular weight is 109 g/mol. The van der Waals surface area contributed by atoms with E-state index in [0.717, 1.165) is 18.6 Å². The molecular formula is C7H11N. The standard InChI is InChI=1S/C7H11N/c1-2-6-4-3-5-7(6)8/h2,6,8H,1,3-5H2. The van der Waals surface area contributed by atoms with Gasteiger partial charge in [0.1, 0.15) is 0 Å². The molecule has 0 amide bonds. The van der Waals surface area contributed by atoms with Gasteiger partial charge < -0.3 is 5.41 Å². The van der Waals surface area contributed by atoms with Crippen molar-refractivity contribution in [3.8, 4) is 0 Å². The smallest absolute Gasteiger partial charge is 0.0158 e. The van der Waals surface area contributed by atoms with Crippen molar-refractivity contribution in [1.82, 2.24) is 0 Å². The van der Waals surface area contributed by atoms with Gasteiger partial charge in [0.2, 0.25) is 0 Å². The Labute approximate surface area is 49.9 Å². The quantitative estimate of drug-likeness (QED) is 0.498. The molecule has 1 rings (SSSR count). The molecule has 1 heteroatoms. The van der Waals surface area contributed by atoms with E-state index in [2.05, 4.69) is 6.58 Å². The van der Waals surface area contributed by atoms with E-state index in [4.69, 9.17) is 5.41 Å². The molecule has 0 radical (unpaired) electrons. The van der Waals surface area contributed by atoms with Crippen LogP contribution in [0.1, 0.15) is 19.3 Å². The highest BCUT2D eigenvalue weighted by molar-refractivity contribution is 5.86. The zero-order chi connectivity index (χ0) is 5.98. The minimum atomic E-state index is 0.412. The highest BCUT2D eigenvalue weighted by atomic mass is 14.5. The molecule has 1 aliphatic rings. The van der Waals surface area contributed by atoms with Crippen molar-refractivity contribution >= 4 is 5.71 Å². The molecule has 0 spiro atoms. The van der Waals surface area contributed by atoms with Gasteiger partial charge in [0.15, 0.2) is 0 Å². The van der Waals surface area contributed by atoms with Crippen LogP contribution in [0, 0.1) is 11.3 Å². The third kappa shape index (κ3) is 0.808. The minimum absolute atomic E-state index is 0.412. The van der Waals surface area contributed by atoms with Gasteiger partial charge in [-0.3, -0.25) is 0 Å². The Bertz CT molecular complexity index is 116. The highest BCUT2D eigenvalue weighted by Gasteiger charge is 2.16. The maximum atomic E-state index is 7.33. The summed E-state index contributed by atoms with van der Waals surface area (Å²) >= 11 is 0. The summed E-state index contributed by atoms with van der Waals surface area (Å²) in [5, 5.41) is 7.33. The molecule has 0 aromatic rings. The number of rotatable bonds is 1. The second-order valence-electron chi connectivity index (χ2n) is 2.26. The maximum Gasteiger partial charge on any atom is 0.0158 e. The average Bonchev–Trinajstić information content (AvgIpc) is 2.14. The predicted molar refractivity (Wildman–Crippen MR) is 35.3 cm³/mol. The summed E-state index contributed by atoms with van der Waals surface area (Å²) in [4.78, 5) is 0. The Morgan fingerprint density at radius 1 is 1.75 bits per heavy atom. The molecule has 1 saturated carbocycles. The fourth-order valence-corrected chi connectivity index (χ4v) is 1.13. The lowest BCUT2D eigenvalue weighted by molar-refractivity contribution is 0.786. The van der Waals surface area contributed by atoms with Crippen molar-refractivity contribution in [1.29, 1.82) is 5.41 Å². The van der Waals surface area contributed by atoms with Gasteiger partial charge in [-0.15, -0.1) is 6.58 Å². The van der Waals surface area contributed by atoms with Crippen molar-refractivity contribution < 1.29 is 0 Å². The first kappa shape index (κ1) is 5.54. The summed E-state index contributed by atoms with van der Waals surface area (Å²) in [6.45, 7) is 3.65. The summed E-state index contributed by atoms with van der Waals surface area (Å²) in [6, 6.07) is 0. The summed E-state index contributed by atoms with van der Waals surface area (Å²) in [7, 11) is 0. The fourth-order valence-electron chi connectivity index (χ4n) is 1.13. The Hall–Kier alpha value is -0.590. The number of allylic oxidation sites excluding steroid dienone is 1. The maximum absolute atomic E-state index is 7.33. The molecule has 44 valence electrons. The molecule has 8 heavy (non-hydrogen) atoms. The van der Waals surface area contributed by atoms with Crippen LogP contribution in [0.15, 0.2) is 12.7 Å². The van der Waals surface area contributed by atoms with E-state index in [0.29, 0.717) is 5.92 Å². The van der Waals surface area contributed by atoms with Gasteiger partial charge >= 0.3 is 0 Å². The fraction of sp³-hybridized carbons (Fsp3) is 0.571. The van der Waals surface area contributed by atoms with Crippen LogP contribution in [-0.4, -0.2) is 5.71 Å². The lowest BCUT2D eigenvalue weighted by Crippen LogP contribution is -1.99. The van der Waals surface area contributed by atoms with E-state index in [9.17, 15) is 0 Å². The first-order valence-electron chi connectivity index (χ1n) is 3.04. The Morgan fingerprint density at radius 2 is 2.50 bits per heavy atom. The van der Waals surface area contributed by atoms with Crippen molar-refractivity contribution in [2.24, 2.45) is 5.92 Å². The number of hydrogen-bond donors (Lipinski definition) is 1. The molecule has 1 unspecified atom stereocenters. The second-order valence-corrected chi connectivity index (χ2v) is 2.26. The molecule has 1 fully saturated rings. The summed E-state index contributed by atoms with van der Waals surface area (Å²) in [6.07, 6.45) is 5.23. The topological polar surface area (TPSA) is 23.9 Å². The molecule has 0 saturated heterocycles. The van der Waals surface area contributed by atoms with Gasteiger partial charge in [-0.05, 0) is 19.3 Å². The van der Waals surface area contributed by atoms with Gasteiger partial charge in [-0.2, -0.15) is 0 Å². The van der Waals surface area contributed by atoms with Crippen LogP contribution in [0.3, 0.4) is 0 Å². The van der Waals surface area contributed by atoms with Crippen LogP contribution in [0.25, 0.3) is 0 Å². The molecule has 1 nitrogen and oxygen atoms in total. The molecule has 1 aliphatic carbocycles. The van der Waals surface area contributed by atoms with Crippen LogP contribution in [-0.2, 0) is 0 Å². The van der Waals surface area contributed by atoms with E-state index in [1.807, 2.05) is 6.08 Å². The number of hydrogen-bond acceptors (Lipinski definition) is 1. The van der Waals surface area contributed by atoms with Crippen LogP contribution >= 0.6 is 0 Å². The van der Waals surface area contributed by atoms with E-state index >= 15 is 0 Å². The summed E-state index contributed by atoms with van der Waals surface area (Å²) in [5.41, 5.74) is 0.875. The number of nitrogens with one attached hydrogen (secondary N) is 1. The zero-order valence-electron chi connectivity index (χ0n) is 4.98. The monoisotopic (exact) mass is 109 g/mol. The van der Waals surface area contributed by atoms with Gasteiger partial charge in [0.05, 0.1) is 0 Å². The second kappa shape index (κ2) is 2.12. The van der Waals surface area contributed by atoms with Crippen LogP contribution < -0.4 is 0 Å². The van der Waals surface area contributed by atoms with Gasteiger partial charge in [-0.1, -0.05) is 6.08 Å².